The van der Waals surface area contributed by atoms with Crippen molar-refractivity contribution in [1.82, 2.24) is 0 Å². The van der Waals surface area contributed by atoms with Crippen molar-refractivity contribution in [2.24, 2.45) is 5.41 Å². The van der Waals surface area contributed by atoms with Crippen LogP contribution in [0.2, 0.25) is 0 Å². The van der Waals surface area contributed by atoms with Crippen LogP contribution in [-0.4, -0.2) is 24.6 Å². The first kappa shape index (κ1) is 15.8. The predicted molar refractivity (Wildman–Crippen MR) is 76.0 cm³/mol. The van der Waals surface area contributed by atoms with Gasteiger partial charge in [0.15, 0.2) is 0 Å². The summed E-state index contributed by atoms with van der Waals surface area (Å²) in [4.78, 5) is 25.7. The summed E-state index contributed by atoms with van der Waals surface area (Å²) in [6.07, 6.45) is -2.06. The highest BCUT2D eigenvalue weighted by Gasteiger charge is 2.48. The lowest BCUT2D eigenvalue weighted by atomic mass is 9.72. The van der Waals surface area contributed by atoms with E-state index in [4.69, 9.17) is 0 Å². The molecular formula is C16H16F3NO3. The molecule has 7 heteroatoms. The van der Waals surface area contributed by atoms with Crippen LogP contribution in [0.15, 0.2) is 24.3 Å². The van der Waals surface area contributed by atoms with Gasteiger partial charge in [0.25, 0.3) is 0 Å². The summed E-state index contributed by atoms with van der Waals surface area (Å²) in [6.45, 7) is 0.520. The fourth-order valence-corrected chi connectivity index (χ4v) is 3.37. The van der Waals surface area contributed by atoms with Gasteiger partial charge in [-0.2, -0.15) is 0 Å². The zero-order chi connectivity index (χ0) is 16.7. The molecule has 4 nitrogen and oxygen atoms in total. The maximum absolute atomic E-state index is 12.7. The Labute approximate surface area is 131 Å². The molecule has 0 atom stereocenters. The number of anilines is 1. The van der Waals surface area contributed by atoms with Gasteiger partial charge in [0.2, 0.25) is 5.91 Å². The molecule has 0 aromatic heterocycles. The average molecular weight is 327 g/mol. The smallest absolute Gasteiger partial charge is 0.406 e. The highest BCUT2D eigenvalue weighted by Crippen LogP contribution is 2.45. The highest BCUT2D eigenvalue weighted by molar-refractivity contribution is 6.01. The van der Waals surface area contributed by atoms with Gasteiger partial charge in [-0.1, -0.05) is 0 Å². The van der Waals surface area contributed by atoms with Gasteiger partial charge in [-0.3, -0.25) is 9.59 Å². The van der Waals surface area contributed by atoms with Crippen LogP contribution >= 0.6 is 0 Å². The molecule has 0 bridgehead atoms. The number of Topliss-reactive ketones (excluding diaryl/α,β-unsaturated/α-hetero) is 1. The number of nitrogens with zero attached hydrogens (tertiary/aromatic N) is 1. The summed E-state index contributed by atoms with van der Waals surface area (Å²) in [5.74, 6) is -0.157. The van der Waals surface area contributed by atoms with E-state index < -0.39 is 11.8 Å². The predicted octanol–water partition coefficient (Wildman–Crippen LogP) is 3.45. The van der Waals surface area contributed by atoms with Crippen molar-refractivity contribution in [3.63, 3.8) is 0 Å². The van der Waals surface area contributed by atoms with Gasteiger partial charge in [-0.25, -0.2) is 0 Å². The number of halogens is 3. The molecule has 1 saturated carbocycles. The van der Waals surface area contributed by atoms with Gasteiger partial charge < -0.3 is 9.64 Å². The molecule has 1 aromatic rings. The molecule has 1 heterocycles. The topological polar surface area (TPSA) is 46.6 Å². The maximum Gasteiger partial charge on any atom is 0.573 e. The maximum atomic E-state index is 12.7. The van der Waals surface area contributed by atoms with Crippen molar-refractivity contribution in [2.75, 3.05) is 11.4 Å². The summed E-state index contributed by atoms with van der Waals surface area (Å²) in [5.41, 5.74) is 0.0768. The first-order valence-corrected chi connectivity index (χ1v) is 7.49. The standard InChI is InChI=1S/C16H16F3NO3/c17-16(18,19)23-13-3-1-11(2-4-13)20-10-9-15(14(20)22)7-5-12(21)6-8-15/h1-4H,5-10H2. The molecule has 2 fully saturated rings. The minimum absolute atomic E-state index is 0.0329. The molecule has 1 saturated heterocycles. The van der Waals surface area contributed by atoms with E-state index in [1.807, 2.05) is 0 Å². The van der Waals surface area contributed by atoms with Crippen molar-refractivity contribution in [3.05, 3.63) is 24.3 Å². The molecule has 3 rings (SSSR count). The Hall–Kier alpha value is -2.05. The minimum Gasteiger partial charge on any atom is -0.406 e. The van der Waals surface area contributed by atoms with Crippen molar-refractivity contribution in [2.45, 2.75) is 38.5 Å². The number of benzene rings is 1. The molecule has 2 aliphatic rings. The highest BCUT2D eigenvalue weighted by atomic mass is 19.4. The van der Waals surface area contributed by atoms with E-state index in [-0.39, 0.29) is 17.4 Å². The lowest BCUT2D eigenvalue weighted by molar-refractivity contribution is -0.274. The van der Waals surface area contributed by atoms with E-state index in [0.29, 0.717) is 44.3 Å². The number of rotatable bonds is 2. The number of amides is 1. The normalized spacial score (nSPS) is 21.1. The van der Waals surface area contributed by atoms with Crippen LogP contribution in [0.1, 0.15) is 32.1 Å². The second-order valence-corrected chi connectivity index (χ2v) is 6.07. The monoisotopic (exact) mass is 327 g/mol. The molecule has 124 valence electrons. The van der Waals surface area contributed by atoms with Crippen molar-refractivity contribution in [1.29, 1.82) is 0 Å². The number of carbonyl (C=O) groups excluding carboxylic acids is 2. The van der Waals surface area contributed by atoms with Gasteiger partial charge in [0, 0.05) is 25.1 Å². The Morgan fingerprint density at radius 1 is 1.00 bits per heavy atom. The minimum atomic E-state index is -4.73. The SMILES string of the molecule is O=C1CCC2(CC1)CCN(c1ccc(OC(F)(F)F)cc1)C2=O. The quantitative estimate of drug-likeness (QED) is 0.836. The van der Waals surface area contributed by atoms with Crippen LogP contribution in [0.3, 0.4) is 0 Å². The molecule has 0 N–H and O–H groups in total. The Morgan fingerprint density at radius 3 is 2.17 bits per heavy atom. The molecule has 1 aliphatic carbocycles. The van der Waals surface area contributed by atoms with E-state index >= 15 is 0 Å². The summed E-state index contributed by atoms with van der Waals surface area (Å²) < 4.78 is 40.3. The molecule has 1 aromatic carbocycles. The molecule has 0 radical (unpaired) electrons. The van der Waals surface area contributed by atoms with E-state index in [2.05, 4.69) is 4.74 Å². The number of carbonyl (C=O) groups is 2. The summed E-state index contributed by atoms with van der Waals surface area (Å²) in [7, 11) is 0. The van der Waals surface area contributed by atoms with Crippen LogP contribution in [0.5, 0.6) is 5.75 Å². The lowest BCUT2D eigenvalue weighted by Crippen LogP contribution is -2.37. The third-order valence-electron chi connectivity index (χ3n) is 4.66. The molecule has 1 spiro atoms. The number of alkyl halides is 3. The summed E-state index contributed by atoms with van der Waals surface area (Å²) in [6, 6.07) is 5.30. The lowest BCUT2D eigenvalue weighted by Gasteiger charge is -2.30. The molecule has 1 aliphatic heterocycles. The van der Waals surface area contributed by atoms with Gasteiger partial charge >= 0.3 is 6.36 Å². The van der Waals surface area contributed by atoms with Gasteiger partial charge in [0.05, 0.1) is 5.41 Å². The van der Waals surface area contributed by atoms with Crippen LogP contribution in [-0.2, 0) is 9.59 Å². The number of ketones is 1. The van der Waals surface area contributed by atoms with Crippen LogP contribution < -0.4 is 9.64 Å². The van der Waals surface area contributed by atoms with Crippen molar-refractivity contribution in [3.8, 4) is 5.75 Å². The van der Waals surface area contributed by atoms with Crippen LogP contribution in [0.4, 0.5) is 18.9 Å². The van der Waals surface area contributed by atoms with Crippen LogP contribution in [0, 0.1) is 5.41 Å². The van der Waals surface area contributed by atoms with Crippen molar-refractivity contribution >= 4 is 17.4 Å². The van der Waals surface area contributed by atoms with Gasteiger partial charge in [-0.15, -0.1) is 13.2 Å². The van der Waals surface area contributed by atoms with E-state index in [9.17, 15) is 22.8 Å². The molecule has 1 amide bonds. The largest absolute Gasteiger partial charge is 0.573 e. The van der Waals surface area contributed by atoms with E-state index in [1.54, 1.807) is 4.90 Å². The second-order valence-electron chi connectivity index (χ2n) is 6.07. The van der Waals surface area contributed by atoms with E-state index in [0.717, 1.165) is 0 Å². The number of hydrogen-bond acceptors (Lipinski definition) is 3. The van der Waals surface area contributed by atoms with Crippen molar-refractivity contribution < 1.29 is 27.5 Å². The van der Waals surface area contributed by atoms with Gasteiger partial charge in [-0.05, 0) is 43.5 Å². The Kier molecular flexibility index (Phi) is 3.82. The summed E-state index contributed by atoms with van der Waals surface area (Å²) >= 11 is 0. The number of ether oxygens (including phenoxy) is 1. The second kappa shape index (κ2) is 5.54. The molecule has 23 heavy (non-hydrogen) atoms. The average Bonchev–Trinajstić information content (AvgIpc) is 2.79. The third-order valence-corrected chi connectivity index (χ3v) is 4.66. The van der Waals surface area contributed by atoms with E-state index in [1.165, 1.54) is 24.3 Å². The zero-order valence-corrected chi connectivity index (χ0v) is 12.4. The van der Waals surface area contributed by atoms with Gasteiger partial charge in [0.1, 0.15) is 11.5 Å². The van der Waals surface area contributed by atoms with Crippen LogP contribution in [0.25, 0.3) is 0 Å². The third kappa shape index (κ3) is 3.18. The Bertz CT molecular complexity index is 614. The fourth-order valence-electron chi connectivity index (χ4n) is 3.37. The fraction of sp³-hybridized carbons (Fsp3) is 0.500. The Morgan fingerprint density at radius 2 is 1.61 bits per heavy atom. The zero-order valence-electron chi connectivity index (χ0n) is 12.4. The Balaban J connectivity index is 1.73. The first-order valence-electron chi connectivity index (χ1n) is 7.49. The first-order chi connectivity index (χ1) is 10.8. The summed E-state index contributed by atoms with van der Waals surface area (Å²) in [5, 5.41) is 0. The number of hydrogen-bond donors (Lipinski definition) is 0. The molecular weight excluding hydrogens is 311 g/mol. The molecule has 0 unspecified atom stereocenters.